The molecule has 0 unspecified atom stereocenters. The lowest BCUT2D eigenvalue weighted by Crippen LogP contribution is -2.23. The van der Waals surface area contributed by atoms with Crippen LogP contribution in [0.5, 0.6) is 34.5 Å². The van der Waals surface area contributed by atoms with Gasteiger partial charge in [-0.2, -0.15) is 0 Å². The van der Waals surface area contributed by atoms with E-state index in [0.717, 1.165) is 23.1 Å². The van der Waals surface area contributed by atoms with Gasteiger partial charge in [0, 0.05) is 18.2 Å². The monoisotopic (exact) mass is 400 g/mol. The molecule has 29 heavy (non-hydrogen) atoms. The zero-order chi connectivity index (χ0) is 20.3. The van der Waals surface area contributed by atoms with E-state index in [0.29, 0.717) is 40.2 Å². The van der Waals surface area contributed by atoms with E-state index in [9.17, 15) is 5.11 Å². The number of hydrogen-bond acceptors (Lipinski definition) is 7. The van der Waals surface area contributed by atoms with Crippen molar-refractivity contribution in [1.29, 1.82) is 0 Å². The van der Waals surface area contributed by atoms with Crippen molar-refractivity contribution in [3.05, 3.63) is 23.3 Å². The Kier molecular flexibility index (Phi) is 4.17. The number of phenolic OH excluding ortho intramolecular Hbond substituents is 1. The molecule has 5 rings (SSSR count). The standard InChI is InChI=1S/C22H24O7/c1-10-5-12-6-14-21(29-9-26-14)22(25-4)16(12)17-13(19(24-3)11(10)2)7-15-20(18(17)23)28-8-27-15/h6-7,10-11,19,23H,5,8-9H2,1-4H3/t10-,11-,19+/m0/s1. The number of hydrogen-bond donors (Lipinski definition) is 1. The molecule has 7 heteroatoms. The predicted octanol–water partition coefficient (Wildman–Crippen LogP) is 4.04. The number of aromatic hydroxyl groups is 1. The highest BCUT2D eigenvalue weighted by atomic mass is 16.7. The number of ether oxygens (including phenoxy) is 6. The van der Waals surface area contributed by atoms with Crippen molar-refractivity contribution >= 4 is 0 Å². The molecule has 154 valence electrons. The van der Waals surface area contributed by atoms with Crippen LogP contribution >= 0.6 is 0 Å². The number of benzene rings is 2. The highest BCUT2D eigenvalue weighted by molar-refractivity contribution is 5.88. The minimum atomic E-state index is -0.233. The molecule has 1 N–H and O–H groups in total. The van der Waals surface area contributed by atoms with Gasteiger partial charge >= 0.3 is 0 Å². The summed E-state index contributed by atoms with van der Waals surface area (Å²) < 4.78 is 34.2. The first-order valence-corrected chi connectivity index (χ1v) is 9.73. The lowest BCUT2D eigenvalue weighted by Gasteiger charge is -2.34. The van der Waals surface area contributed by atoms with Crippen LogP contribution in [0.25, 0.3) is 11.1 Å². The van der Waals surface area contributed by atoms with Crippen LogP contribution in [0.4, 0.5) is 0 Å². The van der Waals surface area contributed by atoms with Crippen molar-refractivity contribution in [1.82, 2.24) is 0 Å². The molecule has 0 saturated heterocycles. The Bertz CT molecular complexity index is 984. The SMILES string of the molecule is COc1c2c(cc3c1-c1c(cc4c(c1O)OCO4)[C@H](OC)[C@@H](C)[C@@H](C)C3)OCO2. The van der Waals surface area contributed by atoms with Crippen molar-refractivity contribution in [2.75, 3.05) is 27.8 Å². The van der Waals surface area contributed by atoms with Crippen LogP contribution < -0.4 is 23.7 Å². The number of phenols is 1. The topological polar surface area (TPSA) is 75.6 Å². The third-order valence-corrected chi connectivity index (χ3v) is 6.30. The van der Waals surface area contributed by atoms with Gasteiger partial charge in [0.05, 0.1) is 13.2 Å². The van der Waals surface area contributed by atoms with E-state index in [4.69, 9.17) is 28.4 Å². The molecule has 0 bridgehead atoms. The van der Waals surface area contributed by atoms with E-state index in [1.807, 2.05) is 12.1 Å². The first-order chi connectivity index (χ1) is 14.0. The average Bonchev–Trinajstić information content (AvgIpc) is 3.36. The van der Waals surface area contributed by atoms with Crippen molar-refractivity contribution in [3.8, 4) is 45.6 Å². The molecule has 3 atom stereocenters. The minimum absolute atomic E-state index is 0.0252. The summed E-state index contributed by atoms with van der Waals surface area (Å²) in [5.41, 5.74) is 3.27. The summed E-state index contributed by atoms with van der Waals surface area (Å²) in [5.74, 6) is 3.14. The molecule has 3 aliphatic rings. The van der Waals surface area contributed by atoms with Gasteiger partial charge in [0.1, 0.15) is 0 Å². The quantitative estimate of drug-likeness (QED) is 0.815. The molecule has 0 saturated carbocycles. The molecular formula is C22H24O7. The molecule has 0 fully saturated rings. The van der Waals surface area contributed by atoms with Gasteiger partial charge in [0.25, 0.3) is 0 Å². The van der Waals surface area contributed by atoms with Crippen LogP contribution in [0.3, 0.4) is 0 Å². The second-order valence-electron chi connectivity index (χ2n) is 7.80. The van der Waals surface area contributed by atoms with Crippen LogP contribution in [-0.4, -0.2) is 32.9 Å². The predicted molar refractivity (Wildman–Crippen MR) is 104 cm³/mol. The Morgan fingerprint density at radius 2 is 1.62 bits per heavy atom. The molecule has 7 nitrogen and oxygen atoms in total. The van der Waals surface area contributed by atoms with Crippen molar-refractivity contribution in [3.63, 3.8) is 0 Å². The van der Waals surface area contributed by atoms with Crippen LogP contribution in [0.2, 0.25) is 0 Å². The third kappa shape index (κ3) is 2.53. The normalized spacial score (nSPS) is 23.8. The van der Waals surface area contributed by atoms with Gasteiger partial charge in [-0.1, -0.05) is 13.8 Å². The molecule has 0 spiro atoms. The third-order valence-electron chi connectivity index (χ3n) is 6.30. The first kappa shape index (κ1) is 18.2. The van der Waals surface area contributed by atoms with Gasteiger partial charge in [-0.15, -0.1) is 0 Å². The van der Waals surface area contributed by atoms with Crippen molar-refractivity contribution < 1.29 is 33.5 Å². The second-order valence-corrected chi connectivity index (χ2v) is 7.80. The maximum Gasteiger partial charge on any atom is 0.231 e. The van der Waals surface area contributed by atoms with E-state index in [1.165, 1.54) is 0 Å². The fraction of sp³-hybridized carbons (Fsp3) is 0.455. The van der Waals surface area contributed by atoms with Crippen LogP contribution in [0, 0.1) is 11.8 Å². The first-order valence-electron chi connectivity index (χ1n) is 9.73. The summed E-state index contributed by atoms with van der Waals surface area (Å²) in [4.78, 5) is 0. The van der Waals surface area contributed by atoms with Crippen LogP contribution in [-0.2, 0) is 11.2 Å². The Balaban J connectivity index is 1.89. The number of methoxy groups -OCH3 is 2. The molecule has 2 heterocycles. The van der Waals surface area contributed by atoms with Crippen molar-refractivity contribution in [2.24, 2.45) is 11.8 Å². The molecule has 1 aliphatic carbocycles. The Hall–Kier alpha value is -2.80. The molecular weight excluding hydrogens is 376 g/mol. The molecule has 0 radical (unpaired) electrons. The van der Waals surface area contributed by atoms with E-state index >= 15 is 0 Å². The molecule has 0 amide bonds. The summed E-state index contributed by atoms with van der Waals surface area (Å²) in [6.45, 7) is 4.58. The molecule has 2 aromatic carbocycles. The number of fused-ring (bicyclic) bond motifs is 5. The highest BCUT2D eigenvalue weighted by Crippen LogP contribution is 2.58. The molecule has 2 aliphatic heterocycles. The lowest BCUT2D eigenvalue weighted by atomic mass is 9.76. The summed E-state index contributed by atoms with van der Waals surface area (Å²) in [7, 11) is 3.29. The Morgan fingerprint density at radius 3 is 2.31 bits per heavy atom. The van der Waals surface area contributed by atoms with Crippen LogP contribution in [0.15, 0.2) is 12.1 Å². The lowest BCUT2D eigenvalue weighted by molar-refractivity contribution is 0.0362. The Morgan fingerprint density at radius 1 is 0.931 bits per heavy atom. The summed E-state index contributed by atoms with van der Waals surface area (Å²) in [6.07, 6.45) is 0.542. The average molecular weight is 400 g/mol. The maximum absolute atomic E-state index is 11.3. The van der Waals surface area contributed by atoms with E-state index in [-0.39, 0.29) is 31.4 Å². The van der Waals surface area contributed by atoms with Crippen LogP contribution in [0.1, 0.15) is 31.1 Å². The van der Waals surface area contributed by atoms with Gasteiger partial charge in [-0.05, 0) is 41.5 Å². The van der Waals surface area contributed by atoms with Gasteiger partial charge in [0.2, 0.25) is 25.1 Å². The summed E-state index contributed by atoms with van der Waals surface area (Å²) in [6, 6.07) is 3.90. The molecule has 0 aromatic heterocycles. The maximum atomic E-state index is 11.3. The fourth-order valence-corrected chi connectivity index (χ4v) is 4.68. The second kappa shape index (κ2) is 6.62. The van der Waals surface area contributed by atoms with E-state index in [1.54, 1.807) is 14.2 Å². The van der Waals surface area contributed by atoms with E-state index < -0.39 is 0 Å². The smallest absolute Gasteiger partial charge is 0.231 e. The zero-order valence-electron chi connectivity index (χ0n) is 16.9. The fourth-order valence-electron chi connectivity index (χ4n) is 4.68. The number of rotatable bonds is 2. The zero-order valence-corrected chi connectivity index (χ0v) is 16.9. The largest absolute Gasteiger partial charge is 0.504 e. The van der Waals surface area contributed by atoms with Gasteiger partial charge in [0.15, 0.2) is 23.0 Å². The van der Waals surface area contributed by atoms with Crippen molar-refractivity contribution in [2.45, 2.75) is 26.4 Å². The highest BCUT2D eigenvalue weighted by Gasteiger charge is 2.38. The summed E-state index contributed by atoms with van der Waals surface area (Å²) >= 11 is 0. The summed E-state index contributed by atoms with van der Waals surface area (Å²) in [5, 5.41) is 11.3. The minimum Gasteiger partial charge on any atom is -0.504 e. The van der Waals surface area contributed by atoms with Gasteiger partial charge < -0.3 is 33.5 Å². The van der Waals surface area contributed by atoms with Gasteiger partial charge in [-0.25, -0.2) is 0 Å². The molecule has 2 aromatic rings. The van der Waals surface area contributed by atoms with E-state index in [2.05, 4.69) is 13.8 Å². The van der Waals surface area contributed by atoms with Gasteiger partial charge in [-0.3, -0.25) is 0 Å². The Labute approximate surface area is 169 Å².